The zero-order valence-electron chi connectivity index (χ0n) is 15.5. The number of hydrogen-bond donors (Lipinski definition) is 1. The first-order valence-electron chi connectivity index (χ1n) is 9.10. The molecule has 7 heteroatoms. The molecular weight excluding hydrogens is 346 g/mol. The minimum atomic E-state index is -0.371. The summed E-state index contributed by atoms with van der Waals surface area (Å²) in [5, 5.41) is 2.62. The van der Waals surface area contributed by atoms with E-state index in [0.29, 0.717) is 13.1 Å². The molecule has 0 spiro atoms. The molecular formula is C20H25N3O4. The zero-order valence-corrected chi connectivity index (χ0v) is 15.5. The van der Waals surface area contributed by atoms with Gasteiger partial charge < -0.3 is 19.4 Å². The van der Waals surface area contributed by atoms with Gasteiger partial charge in [0.25, 0.3) is 5.91 Å². The number of amides is 2. The summed E-state index contributed by atoms with van der Waals surface area (Å²) >= 11 is 0. The van der Waals surface area contributed by atoms with Crippen LogP contribution in [0.5, 0.6) is 5.75 Å². The first-order valence-corrected chi connectivity index (χ1v) is 9.10. The zero-order chi connectivity index (χ0) is 19.1. The summed E-state index contributed by atoms with van der Waals surface area (Å²) in [7, 11) is 1.66. The smallest absolute Gasteiger partial charge is 0.287 e. The Morgan fingerprint density at radius 3 is 2.63 bits per heavy atom. The molecule has 1 N–H and O–H groups in total. The molecule has 1 aromatic carbocycles. The number of nitrogens with zero attached hydrogens (tertiary/aromatic N) is 2. The predicted molar refractivity (Wildman–Crippen MR) is 101 cm³/mol. The van der Waals surface area contributed by atoms with Gasteiger partial charge in [-0.2, -0.15) is 0 Å². The van der Waals surface area contributed by atoms with Gasteiger partial charge in [-0.3, -0.25) is 14.5 Å². The predicted octanol–water partition coefficient (Wildman–Crippen LogP) is 1.75. The topological polar surface area (TPSA) is 75.0 Å². The molecule has 7 nitrogen and oxygen atoms in total. The first-order chi connectivity index (χ1) is 13.2. The minimum Gasteiger partial charge on any atom is -0.497 e. The van der Waals surface area contributed by atoms with Crippen LogP contribution in [0, 0.1) is 0 Å². The van der Waals surface area contributed by atoms with E-state index in [1.165, 1.54) is 11.8 Å². The molecule has 2 amide bonds. The van der Waals surface area contributed by atoms with Crippen LogP contribution in [0.3, 0.4) is 0 Å². The molecule has 0 bridgehead atoms. The fourth-order valence-corrected chi connectivity index (χ4v) is 3.13. The van der Waals surface area contributed by atoms with Crippen LogP contribution in [-0.4, -0.2) is 61.4 Å². The molecule has 3 rings (SSSR count). The van der Waals surface area contributed by atoms with Crippen molar-refractivity contribution in [1.29, 1.82) is 0 Å². The molecule has 0 atom stereocenters. The average molecular weight is 371 g/mol. The van der Waals surface area contributed by atoms with Gasteiger partial charge in [-0.05, 0) is 36.2 Å². The molecule has 1 aliphatic rings. The Morgan fingerprint density at radius 1 is 1.11 bits per heavy atom. The molecule has 1 aliphatic heterocycles. The number of ether oxygens (including phenoxy) is 1. The van der Waals surface area contributed by atoms with Gasteiger partial charge in [0.2, 0.25) is 5.91 Å². The maximum absolute atomic E-state index is 12.4. The van der Waals surface area contributed by atoms with Gasteiger partial charge in [-0.25, -0.2) is 0 Å². The number of hydrogen-bond acceptors (Lipinski definition) is 5. The third-order valence-electron chi connectivity index (χ3n) is 4.65. The van der Waals surface area contributed by atoms with Crippen LogP contribution >= 0.6 is 0 Å². The molecule has 2 aromatic rings. The van der Waals surface area contributed by atoms with Crippen LogP contribution in [0.1, 0.15) is 22.5 Å². The van der Waals surface area contributed by atoms with E-state index in [2.05, 4.69) is 22.3 Å². The van der Waals surface area contributed by atoms with E-state index >= 15 is 0 Å². The second kappa shape index (κ2) is 9.23. The van der Waals surface area contributed by atoms with Gasteiger partial charge >= 0.3 is 0 Å². The van der Waals surface area contributed by atoms with Crippen molar-refractivity contribution in [2.75, 3.05) is 39.8 Å². The van der Waals surface area contributed by atoms with E-state index in [-0.39, 0.29) is 24.1 Å². The van der Waals surface area contributed by atoms with E-state index in [1.807, 2.05) is 17.0 Å². The summed E-state index contributed by atoms with van der Waals surface area (Å²) < 4.78 is 10.2. The summed E-state index contributed by atoms with van der Waals surface area (Å²) in [6.45, 7) is 3.94. The number of methoxy groups -OCH3 is 1. The highest BCUT2D eigenvalue weighted by molar-refractivity contribution is 5.94. The van der Waals surface area contributed by atoms with Crippen LogP contribution in [0.15, 0.2) is 47.1 Å². The van der Waals surface area contributed by atoms with Crippen molar-refractivity contribution in [3.8, 4) is 5.75 Å². The Morgan fingerprint density at radius 2 is 1.93 bits per heavy atom. The molecule has 2 heterocycles. The standard InChI is InChI=1S/C20H25N3O4/c1-26-17-7-5-16(6-8-17)15-22-9-3-10-23(12-11-22)19(24)14-21-20(25)18-4-2-13-27-18/h2,4-8,13H,3,9-12,14-15H2,1H3,(H,21,25). The highest BCUT2D eigenvalue weighted by atomic mass is 16.5. The third-order valence-corrected chi connectivity index (χ3v) is 4.65. The molecule has 0 saturated carbocycles. The van der Waals surface area contributed by atoms with Crippen molar-refractivity contribution in [3.63, 3.8) is 0 Å². The SMILES string of the molecule is COc1ccc(CN2CCCN(C(=O)CNC(=O)c3ccco3)CC2)cc1. The van der Waals surface area contributed by atoms with Crippen molar-refractivity contribution in [2.45, 2.75) is 13.0 Å². The Labute approximate surface area is 158 Å². The van der Waals surface area contributed by atoms with E-state index in [4.69, 9.17) is 9.15 Å². The average Bonchev–Trinajstić information content (AvgIpc) is 3.14. The van der Waals surface area contributed by atoms with Crippen LogP contribution < -0.4 is 10.1 Å². The normalized spacial score (nSPS) is 15.2. The number of benzene rings is 1. The monoisotopic (exact) mass is 371 g/mol. The van der Waals surface area contributed by atoms with Gasteiger partial charge in [0.15, 0.2) is 5.76 Å². The minimum absolute atomic E-state index is 0.0159. The lowest BCUT2D eigenvalue weighted by Gasteiger charge is -2.22. The Kier molecular flexibility index (Phi) is 6.49. The van der Waals surface area contributed by atoms with Crippen LogP contribution in [0.2, 0.25) is 0 Å². The van der Waals surface area contributed by atoms with Crippen molar-refractivity contribution in [3.05, 3.63) is 54.0 Å². The summed E-state index contributed by atoms with van der Waals surface area (Å²) in [5.41, 5.74) is 1.22. The molecule has 0 unspecified atom stereocenters. The second-order valence-corrected chi connectivity index (χ2v) is 6.52. The van der Waals surface area contributed by atoms with Crippen LogP contribution in [-0.2, 0) is 11.3 Å². The van der Waals surface area contributed by atoms with Crippen molar-refractivity contribution in [1.82, 2.24) is 15.1 Å². The van der Waals surface area contributed by atoms with Crippen molar-refractivity contribution >= 4 is 11.8 Å². The quantitative estimate of drug-likeness (QED) is 0.837. The third kappa shape index (κ3) is 5.34. The van der Waals surface area contributed by atoms with E-state index < -0.39 is 0 Å². The van der Waals surface area contributed by atoms with Gasteiger partial charge in [0.1, 0.15) is 5.75 Å². The van der Waals surface area contributed by atoms with E-state index in [0.717, 1.165) is 31.8 Å². The van der Waals surface area contributed by atoms with Crippen LogP contribution in [0.4, 0.5) is 0 Å². The lowest BCUT2D eigenvalue weighted by molar-refractivity contribution is -0.130. The molecule has 0 radical (unpaired) electrons. The lowest BCUT2D eigenvalue weighted by atomic mass is 10.2. The Balaban J connectivity index is 1.45. The highest BCUT2D eigenvalue weighted by Gasteiger charge is 2.20. The maximum Gasteiger partial charge on any atom is 0.287 e. The summed E-state index contributed by atoms with van der Waals surface area (Å²) in [6, 6.07) is 11.3. The Bertz CT molecular complexity index is 743. The number of carbonyl (C=O) groups is 2. The number of nitrogens with one attached hydrogen (secondary N) is 1. The summed E-state index contributed by atoms with van der Waals surface area (Å²) in [4.78, 5) is 28.4. The van der Waals surface area contributed by atoms with Gasteiger partial charge in [-0.15, -0.1) is 0 Å². The molecule has 144 valence electrons. The molecule has 1 fully saturated rings. The van der Waals surface area contributed by atoms with Gasteiger partial charge in [-0.1, -0.05) is 12.1 Å². The summed E-state index contributed by atoms with van der Waals surface area (Å²) in [6.07, 6.45) is 2.34. The van der Waals surface area contributed by atoms with Gasteiger partial charge in [0, 0.05) is 32.7 Å². The van der Waals surface area contributed by atoms with Gasteiger partial charge in [0.05, 0.1) is 19.9 Å². The molecule has 0 aliphatic carbocycles. The Hall–Kier alpha value is -2.80. The maximum atomic E-state index is 12.4. The van der Waals surface area contributed by atoms with Crippen molar-refractivity contribution in [2.24, 2.45) is 0 Å². The fraction of sp³-hybridized carbons (Fsp3) is 0.400. The molecule has 1 saturated heterocycles. The first kappa shape index (κ1) is 19.0. The summed E-state index contributed by atoms with van der Waals surface area (Å²) in [5.74, 6) is 0.623. The lowest BCUT2D eigenvalue weighted by Crippen LogP contribution is -2.41. The number of carbonyl (C=O) groups excluding carboxylic acids is 2. The highest BCUT2D eigenvalue weighted by Crippen LogP contribution is 2.14. The number of furan rings is 1. The van der Waals surface area contributed by atoms with E-state index in [9.17, 15) is 9.59 Å². The second-order valence-electron chi connectivity index (χ2n) is 6.52. The largest absolute Gasteiger partial charge is 0.497 e. The number of rotatable bonds is 6. The van der Waals surface area contributed by atoms with Crippen LogP contribution in [0.25, 0.3) is 0 Å². The molecule has 27 heavy (non-hydrogen) atoms. The van der Waals surface area contributed by atoms with Crippen molar-refractivity contribution < 1.29 is 18.7 Å². The van der Waals surface area contributed by atoms with E-state index in [1.54, 1.807) is 19.2 Å². The molecule has 1 aromatic heterocycles. The fourth-order valence-electron chi connectivity index (χ4n) is 3.13.